The molecule has 14 heteroatoms. The largest absolute Gasteiger partial charge is 0.430 e. The minimum absolute atomic E-state index is 0.0316. The number of alkyl halides is 3. The Morgan fingerprint density at radius 1 is 0.930 bits per heavy atom. The van der Waals surface area contributed by atoms with Crippen LogP contribution in [0.15, 0.2) is 30.6 Å². The van der Waals surface area contributed by atoms with Crippen molar-refractivity contribution >= 4 is 34.7 Å². The van der Waals surface area contributed by atoms with Crippen molar-refractivity contribution in [3.63, 3.8) is 0 Å². The summed E-state index contributed by atoms with van der Waals surface area (Å²) in [4.78, 5) is 32.2. The SMILES string of the molecule is NC1CCC(Nc2nc(NC3CCN(OC(=O)Nc4ccccc4C(F)(F)F)CC3)c3ncn(C4CCCC4)c3n2)CC1. The molecule has 3 aliphatic rings. The minimum Gasteiger partial charge on any atom is -0.365 e. The number of carbonyl (C=O) groups is 1. The fourth-order valence-corrected chi connectivity index (χ4v) is 6.35. The van der Waals surface area contributed by atoms with E-state index in [9.17, 15) is 18.0 Å². The fraction of sp³-hybridized carbons (Fsp3) is 0.586. The van der Waals surface area contributed by atoms with Crippen LogP contribution in [0.3, 0.4) is 0 Å². The fourth-order valence-electron chi connectivity index (χ4n) is 6.35. The molecular weight excluding hydrogens is 563 g/mol. The van der Waals surface area contributed by atoms with Gasteiger partial charge in [0.1, 0.15) is 0 Å². The van der Waals surface area contributed by atoms with Gasteiger partial charge in [0.25, 0.3) is 0 Å². The third kappa shape index (κ3) is 6.96. The average Bonchev–Trinajstić information content (AvgIpc) is 3.65. The number of imidazole rings is 1. The summed E-state index contributed by atoms with van der Waals surface area (Å²) in [5.41, 5.74) is 6.37. The molecule has 43 heavy (non-hydrogen) atoms. The number of hydrogen-bond acceptors (Lipinski definition) is 9. The van der Waals surface area contributed by atoms with Gasteiger partial charge in [0.2, 0.25) is 5.95 Å². The number of aromatic nitrogens is 4. The molecule has 0 bridgehead atoms. The Hall–Kier alpha value is -3.65. The predicted molar refractivity (Wildman–Crippen MR) is 156 cm³/mol. The van der Waals surface area contributed by atoms with Gasteiger partial charge in [-0.15, -0.1) is 5.06 Å². The topological polar surface area (TPSA) is 135 Å². The van der Waals surface area contributed by atoms with Crippen molar-refractivity contribution in [2.45, 2.75) is 94.6 Å². The number of carbonyl (C=O) groups excluding carboxylic acids is 1. The number of benzene rings is 1. The molecule has 2 aliphatic carbocycles. The summed E-state index contributed by atoms with van der Waals surface area (Å²) in [6.07, 6.45) is 6.07. The maximum absolute atomic E-state index is 13.3. The van der Waals surface area contributed by atoms with Crippen LogP contribution < -0.4 is 21.7 Å². The Morgan fingerprint density at radius 3 is 2.35 bits per heavy atom. The first-order chi connectivity index (χ1) is 20.7. The summed E-state index contributed by atoms with van der Waals surface area (Å²) >= 11 is 0. The van der Waals surface area contributed by atoms with Gasteiger partial charge in [-0.05, 0) is 63.5 Å². The van der Waals surface area contributed by atoms with E-state index in [0.29, 0.717) is 43.7 Å². The average molecular weight is 602 g/mol. The van der Waals surface area contributed by atoms with Gasteiger partial charge in [0.05, 0.1) is 17.6 Å². The van der Waals surface area contributed by atoms with Crippen LogP contribution in [0, 0.1) is 0 Å². The number of nitrogens with two attached hydrogens (primary N) is 1. The molecule has 11 nitrogen and oxygen atoms in total. The minimum atomic E-state index is -4.59. The maximum atomic E-state index is 13.3. The molecule has 1 amide bonds. The summed E-state index contributed by atoms with van der Waals surface area (Å²) in [6, 6.07) is 5.73. The van der Waals surface area contributed by atoms with E-state index < -0.39 is 17.8 Å². The highest BCUT2D eigenvalue weighted by molar-refractivity contribution is 5.86. The van der Waals surface area contributed by atoms with Crippen molar-refractivity contribution in [3.05, 3.63) is 36.2 Å². The first-order valence-electron chi connectivity index (χ1n) is 15.2. The molecule has 0 atom stereocenters. The van der Waals surface area contributed by atoms with Gasteiger partial charge in [-0.2, -0.15) is 23.1 Å². The second-order valence-electron chi connectivity index (χ2n) is 11.8. The molecule has 2 saturated carbocycles. The summed E-state index contributed by atoms with van der Waals surface area (Å²) in [5.74, 6) is 1.24. The number of piperidine rings is 1. The normalized spacial score (nSPS) is 22.5. The smallest absolute Gasteiger partial charge is 0.365 e. The van der Waals surface area contributed by atoms with E-state index in [2.05, 4.69) is 20.5 Å². The molecule has 1 aliphatic heterocycles. The third-order valence-corrected chi connectivity index (χ3v) is 8.72. The highest BCUT2D eigenvalue weighted by Gasteiger charge is 2.34. The maximum Gasteiger partial charge on any atom is 0.430 e. The van der Waals surface area contributed by atoms with Gasteiger partial charge in [0, 0.05) is 37.3 Å². The van der Waals surface area contributed by atoms with Crippen LogP contribution in [0.1, 0.15) is 75.8 Å². The monoisotopic (exact) mass is 601 g/mol. The van der Waals surface area contributed by atoms with E-state index in [4.69, 9.17) is 25.5 Å². The van der Waals surface area contributed by atoms with E-state index in [1.54, 1.807) is 0 Å². The van der Waals surface area contributed by atoms with Crippen LogP contribution in [0.5, 0.6) is 0 Å². The standard InChI is InChI=1S/C29H38F3N9O2/c30-29(31,32)22-7-3-4-8-23(22)37-28(42)43-40-15-13-20(14-16-40)35-25-24-26(41(17-34-24)21-5-1-2-6-21)39-27(38-25)36-19-11-9-18(33)10-12-19/h3-4,7-8,17-21H,1-2,5-6,9-16,33H2,(H,37,42)(H2,35,36,38,39). The van der Waals surface area contributed by atoms with E-state index in [1.165, 1.54) is 36.1 Å². The van der Waals surface area contributed by atoms with Gasteiger partial charge in [-0.1, -0.05) is 25.0 Å². The number of hydroxylamine groups is 2. The van der Waals surface area contributed by atoms with Crippen molar-refractivity contribution in [1.29, 1.82) is 0 Å². The molecule has 1 aromatic carbocycles. The Kier molecular flexibility index (Phi) is 8.57. The number of hydrogen-bond donors (Lipinski definition) is 4. The number of fused-ring (bicyclic) bond motifs is 1. The number of anilines is 3. The molecule has 6 rings (SSSR count). The van der Waals surface area contributed by atoms with Gasteiger partial charge < -0.3 is 25.8 Å². The molecule has 3 fully saturated rings. The second-order valence-corrected chi connectivity index (χ2v) is 11.8. The van der Waals surface area contributed by atoms with Crippen LogP contribution >= 0.6 is 0 Å². The van der Waals surface area contributed by atoms with E-state index >= 15 is 0 Å². The summed E-state index contributed by atoms with van der Waals surface area (Å²) in [6.45, 7) is 0.814. The second kappa shape index (κ2) is 12.5. The molecule has 1 saturated heterocycles. The van der Waals surface area contributed by atoms with Crippen molar-refractivity contribution < 1.29 is 22.8 Å². The first-order valence-corrected chi connectivity index (χ1v) is 15.2. The number of halogens is 3. The number of rotatable bonds is 7. The highest BCUT2D eigenvalue weighted by atomic mass is 19.4. The Morgan fingerprint density at radius 2 is 1.63 bits per heavy atom. The zero-order valence-corrected chi connectivity index (χ0v) is 23.9. The van der Waals surface area contributed by atoms with E-state index in [1.807, 2.05) is 6.33 Å². The zero-order chi connectivity index (χ0) is 30.0. The lowest BCUT2D eigenvalue weighted by atomic mass is 9.92. The van der Waals surface area contributed by atoms with Gasteiger partial charge >= 0.3 is 12.3 Å². The molecule has 0 radical (unpaired) electrons. The Balaban J connectivity index is 1.11. The van der Waals surface area contributed by atoms with Crippen LogP contribution in [0.25, 0.3) is 11.2 Å². The van der Waals surface area contributed by atoms with Gasteiger partial charge in [-0.3, -0.25) is 5.32 Å². The number of para-hydroxylation sites is 1. The Labute approximate surface area is 247 Å². The molecule has 5 N–H and O–H groups in total. The van der Waals surface area contributed by atoms with Crippen molar-refractivity contribution in [3.8, 4) is 0 Å². The molecular formula is C29H38F3N9O2. The third-order valence-electron chi connectivity index (χ3n) is 8.72. The molecule has 3 aromatic rings. The molecule has 232 valence electrons. The number of nitrogens with zero attached hydrogens (tertiary/aromatic N) is 5. The molecule has 2 aromatic heterocycles. The number of amides is 1. The van der Waals surface area contributed by atoms with Gasteiger partial charge in [-0.25, -0.2) is 9.78 Å². The lowest BCUT2D eigenvalue weighted by Crippen LogP contribution is -2.41. The summed E-state index contributed by atoms with van der Waals surface area (Å²) in [7, 11) is 0. The van der Waals surface area contributed by atoms with Crippen LogP contribution in [0.4, 0.5) is 35.4 Å². The quantitative estimate of drug-likeness (QED) is 0.270. The summed E-state index contributed by atoms with van der Waals surface area (Å²) in [5, 5.41) is 10.8. The zero-order valence-electron chi connectivity index (χ0n) is 23.9. The van der Waals surface area contributed by atoms with Crippen molar-refractivity contribution in [2.24, 2.45) is 5.73 Å². The van der Waals surface area contributed by atoms with Crippen LogP contribution in [-0.4, -0.2) is 61.9 Å². The summed E-state index contributed by atoms with van der Waals surface area (Å²) < 4.78 is 42.0. The lowest BCUT2D eigenvalue weighted by molar-refractivity contribution is -0.137. The Bertz CT molecular complexity index is 1410. The predicted octanol–water partition coefficient (Wildman–Crippen LogP) is 5.68. The molecule has 0 spiro atoms. The van der Waals surface area contributed by atoms with Gasteiger partial charge in [0.15, 0.2) is 17.0 Å². The van der Waals surface area contributed by atoms with E-state index in [-0.39, 0.29) is 23.8 Å². The molecule has 0 unspecified atom stereocenters. The molecule has 3 heterocycles. The van der Waals surface area contributed by atoms with E-state index in [0.717, 1.165) is 55.8 Å². The highest BCUT2D eigenvalue weighted by Crippen LogP contribution is 2.35. The lowest BCUT2D eigenvalue weighted by Gasteiger charge is -2.31. The van der Waals surface area contributed by atoms with Crippen molar-refractivity contribution in [2.75, 3.05) is 29.0 Å². The van der Waals surface area contributed by atoms with Crippen molar-refractivity contribution in [1.82, 2.24) is 24.6 Å². The number of nitrogens with one attached hydrogen (secondary N) is 3. The first kappa shape index (κ1) is 29.4. The van der Waals surface area contributed by atoms with Crippen LogP contribution in [-0.2, 0) is 11.0 Å². The van der Waals surface area contributed by atoms with Crippen LogP contribution in [0.2, 0.25) is 0 Å².